The van der Waals surface area contributed by atoms with Crippen LogP contribution in [0, 0.1) is 0 Å². The van der Waals surface area contributed by atoms with Crippen molar-refractivity contribution in [3.63, 3.8) is 0 Å². The van der Waals surface area contributed by atoms with E-state index >= 15 is 0 Å². The Morgan fingerprint density at radius 2 is 2.11 bits per heavy atom. The van der Waals surface area contributed by atoms with E-state index < -0.39 is 0 Å². The Labute approximate surface area is 122 Å². The topological polar surface area (TPSA) is 64.3 Å². The molecule has 0 aliphatic heterocycles. The van der Waals surface area contributed by atoms with Gasteiger partial charge in [-0.2, -0.15) is 4.98 Å². The van der Waals surface area contributed by atoms with E-state index in [4.69, 9.17) is 10.5 Å². The van der Waals surface area contributed by atoms with Gasteiger partial charge in [-0.3, -0.25) is 0 Å². The van der Waals surface area contributed by atoms with Crippen LogP contribution >= 0.6 is 15.9 Å². The monoisotopic (exact) mass is 328 g/mol. The molecule has 0 saturated heterocycles. The molecule has 0 atom stereocenters. The highest BCUT2D eigenvalue weighted by Crippen LogP contribution is 2.28. The number of hydrogen-bond acceptors (Lipinski definition) is 5. The fourth-order valence-electron chi connectivity index (χ4n) is 2.60. The minimum atomic E-state index is 0.357. The largest absolute Gasteiger partial charge is 0.480 e. The molecule has 1 aromatic rings. The molecular weight excluding hydrogens is 308 g/mol. The second kappa shape index (κ2) is 6.52. The number of nitrogens with zero attached hydrogens (tertiary/aromatic N) is 3. The van der Waals surface area contributed by atoms with Crippen molar-refractivity contribution in [1.82, 2.24) is 9.97 Å². The van der Waals surface area contributed by atoms with Crippen LogP contribution in [0.15, 0.2) is 10.7 Å². The van der Waals surface area contributed by atoms with Crippen molar-refractivity contribution in [3.05, 3.63) is 10.7 Å². The summed E-state index contributed by atoms with van der Waals surface area (Å²) in [6.45, 7) is 3.02. The van der Waals surface area contributed by atoms with Crippen molar-refractivity contribution in [1.29, 1.82) is 0 Å². The third-order valence-corrected chi connectivity index (χ3v) is 4.22. The van der Waals surface area contributed by atoms with Crippen molar-refractivity contribution < 1.29 is 4.74 Å². The molecule has 0 bridgehead atoms. The maximum atomic E-state index is 5.97. The molecular formula is C13H21BrN4O. The van der Waals surface area contributed by atoms with Crippen molar-refractivity contribution >= 4 is 21.9 Å². The second-order valence-electron chi connectivity index (χ2n) is 4.88. The molecule has 0 spiro atoms. The molecule has 0 aromatic carbocycles. The van der Waals surface area contributed by atoms with Gasteiger partial charge in [-0.05, 0) is 48.5 Å². The average Bonchev–Trinajstić information content (AvgIpc) is 2.43. The highest BCUT2D eigenvalue weighted by molar-refractivity contribution is 9.10. The van der Waals surface area contributed by atoms with E-state index in [1.54, 1.807) is 13.3 Å². The number of halogens is 1. The molecule has 1 aromatic heterocycles. The van der Waals surface area contributed by atoms with Gasteiger partial charge < -0.3 is 15.4 Å². The second-order valence-corrected chi connectivity index (χ2v) is 5.74. The third-order valence-electron chi connectivity index (χ3n) is 3.67. The fraction of sp³-hybridized carbons (Fsp3) is 0.692. The van der Waals surface area contributed by atoms with E-state index in [9.17, 15) is 0 Å². The summed E-state index contributed by atoms with van der Waals surface area (Å²) in [5.74, 6) is 1.32. The summed E-state index contributed by atoms with van der Waals surface area (Å²) in [5.41, 5.74) is 5.97. The van der Waals surface area contributed by atoms with Crippen LogP contribution in [0.25, 0.3) is 0 Å². The van der Waals surface area contributed by atoms with Crippen LogP contribution in [-0.4, -0.2) is 35.7 Å². The number of anilines is 1. The lowest BCUT2D eigenvalue weighted by Gasteiger charge is -2.35. The Balaban J connectivity index is 2.17. The molecule has 19 heavy (non-hydrogen) atoms. The first-order valence-electron chi connectivity index (χ1n) is 6.74. The quantitative estimate of drug-likeness (QED) is 0.919. The standard InChI is InChI=1S/C13H21BrN4O/c1-3-18(10-6-4-9(15)5-7-10)13-16-8-11(14)12(17-13)19-2/h8-10H,3-7,15H2,1-2H3. The first-order valence-corrected chi connectivity index (χ1v) is 7.53. The SMILES string of the molecule is CCN(c1ncc(Br)c(OC)n1)C1CCC(N)CC1. The zero-order valence-corrected chi connectivity index (χ0v) is 13.1. The first-order chi connectivity index (χ1) is 9.15. The highest BCUT2D eigenvalue weighted by Gasteiger charge is 2.25. The van der Waals surface area contributed by atoms with Gasteiger partial charge in [0.05, 0.1) is 17.8 Å². The zero-order chi connectivity index (χ0) is 13.8. The molecule has 1 saturated carbocycles. The molecule has 1 aliphatic carbocycles. The Morgan fingerprint density at radius 3 is 2.68 bits per heavy atom. The summed E-state index contributed by atoms with van der Waals surface area (Å²) >= 11 is 3.38. The summed E-state index contributed by atoms with van der Waals surface area (Å²) < 4.78 is 6.02. The molecule has 5 nitrogen and oxygen atoms in total. The summed E-state index contributed by atoms with van der Waals surface area (Å²) in [4.78, 5) is 11.1. The molecule has 2 rings (SSSR count). The maximum absolute atomic E-state index is 5.97. The highest BCUT2D eigenvalue weighted by atomic mass is 79.9. The lowest BCUT2D eigenvalue weighted by Crippen LogP contribution is -2.41. The predicted molar refractivity (Wildman–Crippen MR) is 79.5 cm³/mol. The number of aromatic nitrogens is 2. The minimum Gasteiger partial charge on any atom is -0.480 e. The predicted octanol–water partition coefficient (Wildman–Crippen LogP) is 2.34. The average molecular weight is 329 g/mol. The van der Waals surface area contributed by atoms with Gasteiger partial charge in [0.2, 0.25) is 11.8 Å². The minimum absolute atomic E-state index is 0.357. The molecule has 2 N–H and O–H groups in total. The van der Waals surface area contributed by atoms with Crippen LogP contribution in [0.1, 0.15) is 32.6 Å². The fourth-order valence-corrected chi connectivity index (χ4v) is 2.95. The van der Waals surface area contributed by atoms with Crippen molar-refractivity contribution in [2.75, 3.05) is 18.6 Å². The van der Waals surface area contributed by atoms with Gasteiger partial charge in [0.25, 0.3) is 0 Å². The molecule has 106 valence electrons. The Hall–Kier alpha value is -0.880. The van der Waals surface area contributed by atoms with Crippen molar-refractivity contribution in [2.24, 2.45) is 5.73 Å². The third kappa shape index (κ3) is 3.36. The van der Waals surface area contributed by atoms with E-state index in [0.717, 1.165) is 42.6 Å². The smallest absolute Gasteiger partial charge is 0.232 e. The van der Waals surface area contributed by atoms with Crippen LogP contribution < -0.4 is 15.4 Å². The van der Waals surface area contributed by atoms with Gasteiger partial charge in [-0.15, -0.1) is 0 Å². The molecule has 1 aliphatic rings. The van der Waals surface area contributed by atoms with E-state index in [-0.39, 0.29) is 0 Å². The first kappa shape index (κ1) is 14.5. The lowest BCUT2D eigenvalue weighted by molar-refractivity contribution is 0.370. The lowest BCUT2D eigenvalue weighted by atomic mass is 9.91. The molecule has 0 radical (unpaired) electrons. The molecule has 1 heterocycles. The van der Waals surface area contributed by atoms with E-state index in [1.165, 1.54) is 0 Å². The van der Waals surface area contributed by atoms with Gasteiger partial charge in [0, 0.05) is 18.6 Å². The maximum Gasteiger partial charge on any atom is 0.232 e. The number of methoxy groups -OCH3 is 1. The van der Waals surface area contributed by atoms with Crippen molar-refractivity contribution in [3.8, 4) is 5.88 Å². The Kier molecular flexibility index (Phi) is 4.99. The number of nitrogens with two attached hydrogens (primary N) is 1. The normalized spacial score (nSPS) is 23.2. The van der Waals surface area contributed by atoms with Gasteiger partial charge >= 0.3 is 0 Å². The molecule has 0 amide bonds. The van der Waals surface area contributed by atoms with Crippen molar-refractivity contribution in [2.45, 2.75) is 44.7 Å². The summed E-state index contributed by atoms with van der Waals surface area (Å²) in [6.07, 6.45) is 6.12. The Morgan fingerprint density at radius 1 is 1.42 bits per heavy atom. The van der Waals surface area contributed by atoms with E-state index in [2.05, 4.69) is 37.7 Å². The Bertz CT molecular complexity index is 421. The van der Waals surface area contributed by atoms with Crippen LogP contribution in [0.5, 0.6) is 5.88 Å². The van der Waals surface area contributed by atoms with Crippen LogP contribution in [0.4, 0.5) is 5.95 Å². The van der Waals surface area contributed by atoms with Gasteiger partial charge in [-0.1, -0.05) is 0 Å². The van der Waals surface area contributed by atoms with Crippen LogP contribution in [0.2, 0.25) is 0 Å². The zero-order valence-electron chi connectivity index (χ0n) is 11.5. The molecule has 1 fully saturated rings. The molecule has 6 heteroatoms. The van der Waals surface area contributed by atoms with Gasteiger partial charge in [0.1, 0.15) is 0 Å². The van der Waals surface area contributed by atoms with E-state index in [0.29, 0.717) is 18.0 Å². The van der Waals surface area contributed by atoms with Crippen LogP contribution in [0.3, 0.4) is 0 Å². The van der Waals surface area contributed by atoms with Gasteiger partial charge in [-0.25, -0.2) is 4.98 Å². The number of hydrogen-bond donors (Lipinski definition) is 1. The van der Waals surface area contributed by atoms with E-state index in [1.807, 2.05) is 0 Å². The summed E-state index contributed by atoms with van der Waals surface area (Å²) in [5, 5.41) is 0. The van der Waals surface area contributed by atoms with Crippen LogP contribution in [-0.2, 0) is 0 Å². The molecule has 0 unspecified atom stereocenters. The van der Waals surface area contributed by atoms with Gasteiger partial charge in [0.15, 0.2) is 0 Å². The number of rotatable bonds is 4. The number of ether oxygens (including phenoxy) is 1. The summed E-state index contributed by atoms with van der Waals surface area (Å²) in [6, 6.07) is 0.839. The summed E-state index contributed by atoms with van der Waals surface area (Å²) in [7, 11) is 1.62.